The van der Waals surface area contributed by atoms with Gasteiger partial charge in [-0.3, -0.25) is 0 Å². The standard InChI is InChI=1S/C17H23ClN4.C2H6/c1-10-7-13(8-11(2)14(10)18)20-15-12(3)9-19-16(21-15)22-17(4,5)6;1-2/h7-9H,1-6H3,(H2,19,20,21,22);1-2H3. The van der Waals surface area contributed by atoms with Gasteiger partial charge in [-0.1, -0.05) is 25.4 Å². The molecule has 0 fully saturated rings. The number of rotatable bonds is 3. The number of aromatic nitrogens is 2. The predicted octanol–water partition coefficient (Wildman–Crippen LogP) is 6.04. The molecule has 1 heterocycles. The molecule has 2 aromatic rings. The van der Waals surface area contributed by atoms with Gasteiger partial charge in [-0.15, -0.1) is 0 Å². The van der Waals surface area contributed by atoms with E-state index in [9.17, 15) is 0 Å². The SMILES string of the molecule is CC.Cc1cnc(NC(C)(C)C)nc1Nc1cc(C)c(Cl)c(C)c1. The minimum atomic E-state index is -0.0834. The van der Waals surface area contributed by atoms with Gasteiger partial charge in [0.05, 0.1) is 0 Å². The van der Waals surface area contributed by atoms with E-state index in [1.165, 1.54) is 0 Å². The highest BCUT2D eigenvalue weighted by atomic mass is 35.5. The van der Waals surface area contributed by atoms with Gasteiger partial charge in [-0.05, 0) is 64.8 Å². The van der Waals surface area contributed by atoms with Gasteiger partial charge < -0.3 is 10.6 Å². The summed E-state index contributed by atoms with van der Waals surface area (Å²) < 4.78 is 0. The van der Waals surface area contributed by atoms with Crippen molar-refractivity contribution in [1.82, 2.24) is 9.97 Å². The molecule has 0 amide bonds. The quantitative estimate of drug-likeness (QED) is 0.710. The summed E-state index contributed by atoms with van der Waals surface area (Å²) in [7, 11) is 0. The molecule has 0 saturated heterocycles. The molecule has 1 aromatic heterocycles. The molecule has 0 atom stereocenters. The summed E-state index contributed by atoms with van der Waals surface area (Å²) >= 11 is 6.22. The fraction of sp³-hybridized carbons (Fsp3) is 0.474. The van der Waals surface area contributed by atoms with Crippen LogP contribution in [-0.4, -0.2) is 15.5 Å². The van der Waals surface area contributed by atoms with Gasteiger partial charge in [0.25, 0.3) is 0 Å². The first kappa shape index (κ1) is 20.2. The van der Waals surface area contributed by atoms with E-state index in [0.717, 1.165) is 33.2 Å². The number of nitrogens with one attached hydrogen (secondary N) is 2. The number of aryl methyl sites for hydroxylation is 3. The molecule has 5 heteroatoms. The third kappa shape index (κ3) is 5.68. The molecule has 0 saturated carbocycles. The van der Waals surface area contributed by atoms with Crippen LogP contribution >= 0.6 is 11.6 Å². The fourth-order valence-electron chi connectivity index (χ4n) is 2.12. The summed E-state index contributed by atoms with van der Waals surface area (Å²) in [5, 5.41) is 7.45. The molecule has 0 spiro atoms. The smallest absolute Gasteiger partial charge is 0.225 e. The molecule has 0 aliphatic rings. The molecule has 0 aliphatic carbocycles. The van der Waals surface area contributed by atoms with Crippen LogP contribution < -0.4 is 10.6 Å². The van der Waals surface area contributed by atoms with E-state index in [-0.39, 0.29) is 5.54 Å². The molecule has 0 radical (unpaired) electrons. The Kier molecular flexibility index (Phi) is 7.03. The number of nitrogens with zero attached hydrogens (tertiary/aromatic N) is 2. The Bertz CT molecular complexity index is 667. The molecule has 132 valence electrons. The number of hydrogen-bond acceptors (Lipinski definition) is 4. The zero-order valence-corrected chi connectivity index (χ0v) is 16.8. The lowest BCUT2D eigenvalue weighted by Gasteiger charge is -2.21. The van der Waals surface area contributed by atoms with Crippen LogP contribution in [0.4, 0.5) is 17.5 Å². The van der Waals surface area contributed by atoms with Crippen molar-refractivity contribution in [1.29, 1.82) is 0 Å². The van der Waals surface area contributed by atoms with Crippen LogP contribution in [0, 0.1) is 20.8 Å². The monoisotopic (exact) mass is 348 g/mol. The van der Waals surface area contributed by atoms with Crippen LogP contribution in [0.25, 0.3) is 0 Å². The van der Waals surface area contributed by atoms with Gasteiger partial charge >= 0.3 is 0 Å². The van der Waals surface area contributed by atoms with Gasteiger partial charge in [0.1, 0.15) is 5.82 Å². The average Bonchev–Trinajstić information content (AvgIpc) is 2.49. The van der Waals surface area contributed by atoms with Gasteiger partial charge in [0.15, 0.2) is 0 Å². The van der Waals surface area contributed by atoms with Crippen LogP contribution in [0.15, 0.2) is 18.3 Å². The summed E-state index contributed by atoms with van der Waals surface area (Å²) in [6, 6.07) is 4.04. The Morgan fingerprint density at radius 2 is 1.50 bits per heavy atom. The second kappa shape index (κ2) is 8.34. The highest BCUT2D eigenvalue weighted by molar-refractivity contribution is 6.32. The largest absolute Gasteiger partial charge is 0.350 e. The molecule has 0 bridgehead atoms. The maximum Gasteiger partial charge on any atom is 0.225 e. The number of benzene rings is 1. The van der Waals surface area contributed by atoms with Crippen molar-refractivity contribution >= 4 is 29.1 Å². The van der Waals surface area contributed by atoms with Crippen molar-refractivity contribution in [3.05, 3.63) is 40.0 Å². The minimum absolute atomic E-state index is 0.0834. The first-order valence-electron chi connectivity index (χ1n) is 8.31. The Labute approximate surface area is 151 Å². The zero-order valence-electron chi connectivity index (χ0n) is 16.0. The van der Waals surface area contributed by atoms with Gasteiger partial charge in [0, 0.05) is 28.0 Å². The van der Waals surface area contributed by atoms with E-state index in [2.05, 4.69) is 41.4 Å². The van der Waals surface area contributed by atoms with Gasteiger partial charge in [0.2, 0.25) is 5.95 Å². The minimum Gasteiger partial charge on any atom is -0.350 e. The summed E-state index contributed by atoms with van der Waals surface area (Å²) in [5.41, 5.74) is 3.97. The summed E-state index contributed by atoms with van der Waals surface area (Å²) in [6.45, 7) is 16.2. The van der Waals surface area contributed by atoms with Crippen molar-refractivity contribution in [2.45, 2.75) is 60.9 Å². The summed E-state index contributed by atoms with van der Waals surface area (Å²) in [4.78, 5) is 8.90. The number of hydrogen-bond donors (Lipinski definition) is 2. The first-order chi connectivity index (χ1) is 11.2. The topological polar surface area (TPSA) is 49.8 Å². The van der Waals surface area contributed by atoms with E-state index in [1.54, 1.807) is 0 Å². The van der Waals surface area contributed by atoms with Crippen molar-refractivity contribution in [2.75, 3.05) is 10.6 Å². The Morgan fingerprint density at radius 1 is 0.958 bits per heavy atom. The maximum absolute atomic E-state index is 6.22. The second-order valence-corrected chi connectivity index (χ2v) is 7.03. The summed E-state index contributed by atoms with van der Waals surface area (Å²) in [6.07, 6.45) is 1.82. The van der Waals surface area contributed by atoms with E-state index in [1.807, 2.05) is 52.9 Å². The van der Waals surface area contributed by atoms with E-state index in [4.69, 9.17) is 11.6 Å². The first-order valence-corrected chi connectivity index (χ1v) is 8.69. The molecule has 2 N–H and O–H groups in total. The third-order valence-corrected chi connectivity index (χ3v) is 3.75. The Balaban J connectivity index is 0.00000139. The van der Waals surface area contributed by atoms with Crippen LogP contribution in [0.5, 0.6) is 0 Å². The highest BCUT2D eigenvalue weighted by Gasteiger charge is 2.13. The van der Waals surface area contributed by atoms with Crippen LogP contribution in [-0.2, 0) is 0 Å². The maximum atomic E-state index is 6.22. The highest BCUT2D eigenvalue weighted by Crippen LogP contribution is 2.27. The van der Waals surface area contributed by atoms with E-state index < -0.39 is 0 Å². The Hall–Kier alpha value is -1.81. The van der Waals surface area contributed by atoms with E-state index >= 15 is 0 Å². The lowest BCUT2D eigenvalue weighted by atomic mass is 10.1. The molecular weight excluding hydrogens is 320 g/mol. The van der Waals surface area contributed by atoms with Crippen molar-refractivity contribution < 1.29 is 0 Å². The molecule has 0 unspecified atom stereocenters. The molecule has 2 rings (SSSR count). The van der Waals surface area contributed by atoms with Crippen molar-refractivity contribution in [2.24, 2.45) is 0 Å². The molecule has 1 aromatic carbocycles. The lowest BCUT2D eigenvalue weighted by molar-refractivity contribution is 0.626. The molecule has 0 aliphatic heterocycles. The van der Waals surface area contributed by atoms with Crippen molar-refractivity contribution in [3.63, 3.8) is 0 Å². The number of halogens is 1. The van der Waals surface area contributed by atoms with E-state index in [0.29, 0.717) is 5.95 Å². The number of anilines is 3. The average molecular weight is 349 g/mol. The molecule has 4 nitrogen and oxygen atoms in total. The lowest BCUT2D eigenvalue weighted by Crippen LogP contribution is -2.27. The zero-order chi connectivity index (χ0) is 18.5. The summed E-state index contributed by atoms with van der Waals surface area (Å²) in [5.74, 6) is 1.41. The second-order valence-electron chi connectivity index (χ2n) is 6.65. The predicted molar refractivity (Wildman–Crippen MR) is 106 cm³/mol. The molecular formula is C19H29ClN4. The van der Waals surface area contributed by atoms with Crippen LogP contribution in [0.2, 0.25) is 5.02 Å². The normalized spacial score (nSPS) is 10.7. The van der Waals surface area contributed by atoms with Crippen molar-refractivity contribution in [3.8, 4) is 0 Å². The fourth-order valence-corrected chi connectivity index (χ4v) is 2.23. The molecule has 24 heavy (non-hydrogen) atoms. The van der Waals surface area contributed by atoms with Gasteiger partial charge in [-0.2, -0.15) is 4.98 Å². The third-order valence-electron chi connectivity index (χ3n) is 3.16. The van der Waals surface area contributed by atoms with Crippen LogP contribution in [0.3, 0.4) is 0 Å². The van der Waals surface area contributed by atoms with Gasteiger partial charge in [-0.25, -0.2) is 4.98 Å². The Morgan fingerprint density at radius 3 is 2.00 bits per heavy atom. The van der Waals surface area contributed by atoms with Crippen LogP contribution in [0.1, 0.15) is 51.3 Å².